The molecule has 0 aromatic rings. The molecule has 0 spiro atoms. The highest BCUT2D eigenvalue weighted by Crippen LogP contribution is 2.16. The predicted molar refractivity (Wildman–Crippen MR) is 202 cm³/mol. The van der Waals surface area contributed by atoms with E-state index in [1.54, 1.807) is 6.08 Å². The molecule has 0 aromatic heterocycles. The van der Waals surface area contributed by atoms with Gasteiger partial charge in [0.25, 0.3) is 0 Å². The first-order valence-corrected chi connectivity index (χ1v) is 20.5. The minimum Gasteiger partial charge on any atom is -0.478 e. The number of hydrogen-bond acceptors (Lipinski definition) is 2. The lowest BCUT2D eigenvalue weighted by Crippen LogP contribution is -2.31. The lowest BCUT2D eigenvalue weighted by Gasteiger charge is -2.21. The summed E-state index contributed by atoms with van der Waals surface area (Å²) in [5, 5.41) is 8.79. The van der Waals surface area contributed by atoms with Gasteiger partial charge in [0, 0.05) is 25.2 Å². The molecule has 0 heterocycles. The summed E-state index contributed by atoms with van der Waals surface area (Å²) >= 11 is 0. The van der Waals surface area contributed by atoms with Crippen molar-refractivity contribution in [3.63, 3.8) is 0 Å². The standard InChI is InChI=1S/C42H79NO3/c1-3-5-7-9-11-13-15-17-19-21-23-25-27-29-31-35-39-43(41(44)37-33-34-38-42(45)46)40-36-32-30-28-26-24-22-20-18-16-14-12-10-8-6-4-2/h33-34,37-38H,3-32,35-36,39-40H2,1-2H3,(H,45,46)/b37-33+,38-34+. The van der Waals surface area contributed by atoms with Gasteiger partial charge in [-0.05, 0) is 12.8 Å². The van der Waals surface area contributed by atoms with Crippen LogP contribution in [0.2, 0.25) is 0 Å². The Hall–Kier alpha value is -1.58. The quantitative estimate of drug-likeness (QED) is 0.0415. The van der Waals surface area contributed by atoms with E-state index in [-0.39, 0.29) is 5.91 Å². The maximum atomic E-state index is 12.8. The molecular weight excluding hydrogens is 566 g/mol. The summed E-state index contributed by atoms with van der Waals surface area (Å²) in [5.74, 6) is -0.979. The van der Waals surface area contributed by atoms with Gasteiger partial charge in [-0.2, -0.15) is 0 Å². The van der Waals surface area contributed by atoms with Crippen LogP contribution in [0.5, 0.6) is 0 Å². The molecule has 0 fully saturated rings. The van der Waals surface area contributed by atoms with Crippen molar-refractivity contribution < 1.29 is 14.7 Å². The first-order chi connectivity index (χ1) is 22.6. The Labute approximate surface area is 287 Å². The highest BCUT2D eigenvalue weighted by Gasteiger charge is 2.10. The fraction of sp³-hybridized carbons (Fsp3) is 0.857. The van der Waals surface area contributed by atoms with Gasteiger partial charge in [0.1, 0.15) is 0 Å². The molecule has 0 saturated carbocycles. The summed E-state index contributed by atoms with van der Waals surface area (Å²) in [6.45, 7) is 6.19. The number of hydrogen-bond donors (Lipinski definition) is 1. The van der Waals surface area contributed by atoms with Gasteiger partial charge in [-0.1, -0.05) is 219 Å². The van der Waals surface area contributed by atoms with Crippen LogP contribution in [0.1, 0.15) is 219 Å². The third-order valence-electron chi connectivity index (χ3n) is 9.46. The predicted octanol–water partition coefficient (Wildman–Crippen LogP) is 13.5. The van der Waals surface area contributed by atoms with E-state index in [0.29, 0.717) is 0 Å². The molecule has 4 heteroatoms. The maximum absolute atomic E-state index is 12.8. The Morgan fingerprint density at radius 1 is 0.391 bits per heavy atom. The summed E-state index contributed by atoms with van der Waals surface area (Å²) in [5.41, 5.74) is 0. The molecule has 1 amide bonds. The molecule has 0 unspecified atom stereocenters. The van der Waals surface area contributed by atoms with Crippen molar-refractivity contribution in [2.45, 2.75) is 219 Å². The van der Waals surface area contributed by atoms with Crippen LogP contribution < -0.4 is 0 Å². The second kappa shape index (κ2) is 37.9. The van der Waals surface area contributed by atoms with Gasteiger partial charge >= 0.3 is 5.97 Å². The molecule has 0 aromatic carbocycles. The van der Waals surface area contributed by atoms with E-state index in [0.717, 1.165) is 32.0 Å². The van der Waals surface area contributed by atoms with E-state index in [9.17, 15) is 9.59 Å². The van der Waals surface area contributed by atoms with Gasteiger partial charge in [0.2, 0.25) is 5.91 Å². The lowest BCUT2D eigenvalue weighted by molar-refractivity contribution is -0.131. The minimum absolute atomic E-state index is 0.0111. The molecule has 0 radical (unpaired) electrons. The monoisotopic (exact) mass is 646 g/mol. The third-order valence-corrected chi connectivity index (χ3v) is 9.46. The Bertz CT molecular complexity index is 665. The van der Waals surface area contributed by atoms with Crippen molar-refractivity contribution in [3.8, 4) is 0 Å². The lowest BCUT2D eigenvalue weighted by atomic mass is 10.0. The van der Waals surface area contributed by atoms with Crippen molar-refractivity contribution in [2.75, 3.05) is 13.1 Å². The second-order valence-electron chi connectivity index (χ2n) is 14.0. The van der Waals surface area contributed by atoms with Crippen molar-refractivity contribution in [1.82, 2.24) is 4.90 Å². The normalized spacial score (nSPS) is 11.7. The van der Waals surface area contributed by atoms with E-state index >= 15 is 0 Å². The van der Waals surface area contributed by atoms with E-state index < -0.39 is 5.97 Å². The van der Waals surface area contributed by atoms with Crippen LogP contribution in [0.3, 0.4) is 0 Å². The molecule has 270 valence electrons. The molecule has 4 nitrogen and oxygen atoms in total. The van der Waals surface area contributed by atoms with E-state index in [4.69, 9.17) is 5.11 Å². The van der Waals surface area contributed by atoms with Crippen LogP contribution in [0, 0.1) is 0 Å². The molecular formula is C42H79NO3. The molecule has 0 bridgehead atoms. The molecule has 0 rings (SSSR count). The largest absolute Gasteiger partial charge is 0.478 e. The van der Waals surface area contributed by atoms with Crippen molar-refractivity contribution in [2.24, 2.45) is 0 Å². The smallest absolute Gasteiger partial charge is 0.328 e. The highest BCUT2D eigenvalue weighted by atomic mass is 16.4. The summed E-state index contributed by atoms with van der Waals surface area (Å²) in [6, 6.07) is 0. The fourth-order valence-electron chi connectivity index (χ4n) is 6.41. The average Bonchev–Trinajstić information content (AvgIpc) is 3.05. The minimum atomic E-state index is -0.990. The molecule has 0 aliphatic heterocycles. The van der Waals surface area contributed by atoms with Crippen molar-refractivity contribution >= 4 is 11.9 Å². The van der Waals surface area contributed by atoms with Crippen molar-refractivity contribution in [1.29, 1.82) is 0 Å². The summed E-state index contributed by atoms with van der Waals surface area (Å²) in [4.78, 5) is 25.5. The second-order valence-corrected chi connectivity index (χ2v) is 14.0. The zero-order valence-corrected chi connectivity index (χ0v) is 31.1. The molecule has 0 atom stereocenters. The van der Waals surface area contributed by atoms with Gasteiger partial charge in [-0.15, -0.1) is 0 Å². The SMILES string of the molecule is CCCCCCCCCCCCCCCCCCN(CCCCCCCCCCCCCCCCCC)C(=O)/C=C/C=C/C(=O)O. The first kappa shape index (κ1) is 44.4. The maximum Gasteiger partial charge on any atom is 0.328 e. The van der Waals surface area contributed by atoms with E-state index in [1.807, 2.05) is 4.90 Å². The Balaban J connectivity index is 3.94. The van der Waals surface area contributed by atoms with Crippen LogP contribution in [0.15, 0.2) is 24.3 Å². The Morgan fingerprint density at radius 2 is 0.630 bits per heavy atom. The number of carbonyl (C=O) groups excluding carboxylic acids is 1. The average molecular weight is 646 g/mol. The number of nitrogens with zero attached hydrogens (tertiary/aromatic N) is 1. The molecule has 0 aliphatic carbocycles. The van der Waals surface area contributed by atoms with E-state index in [1.165, 1.54) is 205 Å². The number of carbonyl (C=O) groups is 2. The number of unbranched alkanes of at least 4 members (excludes halogenated alkanes) is 30. The van der Waals surface area contributed by atoms with Gasteiger partial charge in [-0.3, -0.25) is 4.79 Å². The first-order valence-electron chi connectivity index (χ1n) is 20.5. The summed E-state index contributed by atoms with van der Waals surface area (Å²) in [6.07, 6.45) is 48.8. The van der Waals surface area contributed by atoms with Crippen LogP contribution in [-0.4, -0.2) is 35.0 Å². The Kier molecular flexibility index (Phi) is 36.6. The number of allylic oxidation sites excluding steroid dienone is 2. The number of amides is 1. The number of carboxylic acid groups (broad SMARTS) is 1. The molecule has 1 N–H and O–H groups in total. The zero-order valence-electron chi connectivity index (χ0n) is 31.1. The van der Waals surface area contributed by atoms with Gasteiger partial charge in [-0.25, -0.2) is 4.79 Å². The van der Waals surface area contributed by atoms with Crippen LogP contribution in [0.4, 0.5) is 0 Å². The fourth-order valence-corrected chi connectivity index (χ4v) is 6.41. The highest BCUT2D eigenvalue weighted by molar-refractivity contribution is 5.88. The van der Waals surface area contributed by atoms with Gasteiger partial charge in [0.05, 0.1) is 0 Å². The van der Waals surface area contributed by atoms with Crippen LogP contribution in [0.25, 0.3) is 0 Å². The van der Waals surface area contributed by atoms with Gasteiger partial charge < -0.3 is 10.0 Å². The van der Waals surface area contributed by atoms with Gasteiger partial charge in [0.15, 0.2) is 0 Å². The van der Waals surface area contributed by atoms with E-state index in [2.05, 4.69) is 13.8 Å². The Morgan fingerprint density at radius 3 is 0.891 bits per heavy atom. The molecule has 46 heavy (non-hydrogen) atoms. The summed E-state index contributed by atoms with van der Waals surface area (Å²) < 4.78 is 0. The van der Waals surface area contributed by atoms with Crippen LogP contribution in [-0.2, 0) is 9.59 Å². The third kappa shape index (κ3) is 35.3. The molecule has 0 saturated heterocycles. The number of rotatable bonds is 37. The number of carboxylic acids is 1. The van der Waals surface area contributed by atoms with Crippen molar-refractivity contribution in [3.05, 3.63) is 24.3 Å². The topological polar surface area (TPSA) is 57.6 Å². The number of aliphatic carboxylic acids is 1. The zero-order chi connectivity index (χ0) is 33.6. The molecule has 0 aliphatic rings. The van der Waals surface area contributed by atoms with Crippen LogP contribution >= 0.6 is 0 Å². The summed E-state index contributed by atoms with van der Waals surface area (Å²) in [7, 11) is 0.